The number of hydrogen-bond donors (Lipinski definition) is 2. The normalized spacial score (nSPS) is 12.2. The van der Waals surface area contributed by atoms with Crippen LogP contribution in [-0.4, -0.2) is 12.5 Å². The maximum Gasteiger partial charge on any atom is 0.238 e. The van der Waals surface area contributed by atoms with Crippen LogP contribution in [0.25, 0.3) is 0 Å². The van der Waals surface area contributed by atoms with Gasteiger partial charge in [-0.25, -0.2) is 4.39 Å². The molecule has 0 saturated carbocycles. The van der Waals surface area contributed by atoms with E-state index in [2.05, 4.69) is 24.5 Å². The molecular formula is C20H25FN2O. The first-order valence-electron chi connectivity index (χ1n) is 8.23. The van der Waals surface area contributed by atoms with Gasteiger partial charge in [0.25, 0.3) is 0 Å². The van der Waals surface area contributed by atoms with E-state index in [4.69, 9.17) is 0 Å². The summed E-state index contributed by atoms with van der Waals surface area (Å²) in [6.45, 7) is 8.36. The summed E-state index contributed by atoms with van der Waals surface area (Å²) in [5, 5.41) is 6.22. The molecule has 4 heteroatoms. The molecule has 2 aromatic carbocycles. The summed E-state index contributed by atoms with van der Waals surface area (Å²) >= 11 is 0. The Kier molecular flexibility index (Phi) is 6.10. The number of hydrogen-bond acceptors (Lipinski definition) is 2. The molecule has 0 aliphatic rings. The van der Waals surface area contributed by atoms with Crippen LogP contribution in [0.15, 0.2) is 42.5 Å². The number of aryl methyl sites for hydroxylation is 1. The van der Waals surface area contributed by atoms with Crippen molar-refractivity contribution in [3.63, 3.8) is 0 Å². The first-order chi connectivity index (χ1) is 11.4. The molecule has 2 aromatic rings. The number of benzene rings is 2. The lowest BCUT2D eigenvalue weighted by molar-refractivity contribution is -0.115. The van der Waals surface area contributed by atoms with Gasteiger partial charge in [-0.3, -0.25) is 4.79 Å². The summed E-state index contributed by atoms with van der Waals surface area (Å²) < 4.78 is 13.1. The van der Waals surface area contributed by atoms with Crippen LogP contribution in [0.4, 0.5) is 10.1 Å². The van der Waals surface area contributed by atoms with Crippen LogP contribution in [0.5, 0.6) is 0 Å². The predicted molar refractivity (Wildman–Crippen MR) is 96.5 cm³/mol. The molecule has 3 nitrogen and oxygen atoms in total. The zero-order chi connectivity index (χ0) is 17.7. The van der Waals surface area contributed by atoms with Crippen LogP contribution in [0.2, 0.25) is 0 Å². The fraction of sp³-hybridized carbons (Fsp3) is 0.350. The van der Waals surface area contributed by atoms with Crippen molar-refractivity contribution in [3.05, 3.63) is 65.0 Å². The Labute approximate surface area is 143 Å². The molecule has 2 rings (SSSR count). The highest BCUT2D eigenvalue weighted by Crippen LogP contribution is 2.22. The molecule has 0 unspecified atom stereocenters. The van der Waals surface area contributed by atoms with Gasteiger partial charge in [0, 0.05) is 11.7 Å². The minimum atomic E-state index is -0.256. The summed E-state index contributed by atoms with van der Waals surface area (Å²) in [4.78, 5) is 12.3. The van der Waals surface area contributed by atoms with Crippen LogP contribution in [-0.2, 0) is 4.79 Å². The first-order valence-corrected chi connectivity index (χ1v) is 8.23. The fourth-order valence-corrected chi connectivity index (χ4v) is 2.69. The third-order valence-corrected chi connectivity index (χ3v) is 4.26. The molecule has 0 spiro atoms. The van der Waals surface area contributed by atoms with Crippen molar-refractivity contribution in [2.45, 2.75) is 33.7 Å². The molecule has 1 atom stereocenters. The molecule has 2 N–H and O–H groups in total. The Morgan fingerprint density at radius 3 is 2.38 bits per heavy atom. The van der Waals surface area contributed by atoms with Gasteiger partial charge in [-0.05, 0) is 54.7 Å². The highest BCUT2D eigenvalue weighted by molar-refractivity contribution is 5.93. The van der Waals surface area contributed by atoms with Crippen molar-refractivity contribution in [2.75, 3.05) is 11.9 Å². The van der Waals surface area contributed by atoms with E-state index in [-0.39, 0.29) is 30.2 Å². The zero-order valence-corrected chi connectivity index (χ0v) is 14.7. The molecular weight excluding hydrogens is 303 g/mol. The second kappa shape index (κ2) is 8.06. The number of amides is 1. The van der Waals surface area contributed by atoms with Crippen LogP contribution < -0.4 is 10.6 Å². The number of anilines is 1. The monoisotopic (exact) mass is 328 g/mol. The average molecular weight is 328 g/mol. The van der Waals surface area contributed by atoms with Gasteiger partial charge in [0.1, 0.15) is 5.82 Å². The lowest BCUT2D eigenvalue weighted by Crippen LogP contribution is -2.33. The molecule has 0 aliphatic carbocycles. The second-order valence-corrected chi connectivity index (χ2v) is 6.45. The van der Waals surface area contributed by atoms with E-state index >= 15 is 0 Å². The van der Waals surface area contributed by atoms with E-state index in [1.807, 2.05) is 32.0 Å². The number of halogens is 1. The van der Waals surface area contributed by atoms with Crippen molar-refractivity contribution >= 4 is 11.6 Å². The lowest BCUT2D eigenvalue weighted by Gasteiger charge is -2.23. The zero-order valence-electron chi connectivity index (χ0n) is 14.7. The Hall–Kier alpha value is -2.20. The average Bonchev–Trinajstić information content (AvgIpc) is 2.53. The van der Waals surface area contributed by atoms with Crippen molar-refractivity contribution in [1.82, 2.24) is 5.32 Å². The molecule has 0 saturated heterocycles. The van der Waals surface area contributed by atoms with Gasteiger partial charge >= 0.3 is 0 Å². The Bertz CT molecular complexity index is 695. The van der Waals surface area contributed by atoms with Gasteiger partial charge in [0.2, 0.25) is 5.91 Å². The predicted octanol–water partition coefficient (Wildman–Crippen LogP) is 4.37. The summed E-state index contributed by atoms with van der Waals surface area (Å²) in [7, 11) is 0. The molecule has 0 radical (unpaired) electrons. The summed E-state index contributed by atoms with van der Waals surface area (Å²) in [5.41, 5.74) is 4.03. The van der Waals surface area contributed by atoms with E-state index in [1.165, 1.54) is 12.1 Å². The summed E-state index contributed by atoms with van der Waals surface area (Å²) in [6.07, 6.45) is 0. The highest BCUT2D eigenvalue weighted by Gasteiger charge is 2.17. The number of nitrogens with one attached hydrogen (secondary N) is 2. The first kappa shape index (κ1) is 18.1. The summed E-state index contributed by atoms with van der Waals surface area (Å²) in [6, 6.07) is 12.3. The highest BCUT2D eigenvalue weighted by atomic mass is 19.1. The molecule has 0 fully saturated rings. The van der Waals surface area contributed by atoms with Crippen LogP contribution in [0, 0.1) is 25.6 Å². The maximum absolute atomic E-state index is 13.1. The van der Waals surface area contributed by atoms with Gasteiger partial charge in [-0.1, -0.05) is 38.1 Å². The van der Waals surface area contributed by atoms with Crippen molar-refractivity contribution in [2.24, 2.45) is 5.92 Å². The minimum Gasteiger partial charge on any atom is -0.325 e. The SMILES string of the molecule is Cc1cccc(NC(=O)CN[C@H](c2ccc(F)cc2)C(C)C)c1C. The molecule has 0 heterocycles. The van der Waals surface area contributed by atoms with Crippen molar-refractivity contribution in [3.8, 4) is 0 Å². The van der Waals surface area contributed by atoms with E-state index < -0.39 is 0 Å². The van der Waals surface area contributed by atoms with Gasteiger partial charge in [0.05, 0.1) is 6.54 Å². The Morgan fingerprint density at radius 1 is 1.08 bits per heavy atom. The van der Waals surface area contributed by atoms with E-state index in [1.54, 1.807) is 12.1 Å². The van der Waals surface area contributed by atoms with Crippen molar-refractivity contribution in [1.29, 1.82) is 0 Å². The van der Waals surface area contributed by atoms with Crippen molar-refractivity contribution < 1.29 is 9.18 Å². The standard InChI is InChI=1S/C20H25FN2O/c1-13(2)20(16-8-10-17(21)11-9-16)22-12-19(24)23-18-7-5-6-14(3)15(18)4/h5-11,13,20,22H,12H2,1-4H3,(H,23,24)/t20-/m0/s1. The van der Waals surface area contributed by atoms with Gasteiger partial charge < -0.3 is 10.6 Å². The fourth-order valence-electron chi connectivity index (χ4n) is 2.69. The van der Waals surface area contributed by atoms with Crippen LogP contribution >= 0.6 is 0 Å². The number of carbonyl (C=O) groups is 1. The third-order valence-electron chi connectivity index (χ3n) is 4.26. The van der Waals surface area contributed by atoms with E-state index in [9.17, 15) is 9.18 Å². The van der Waals surface area contributed by atoms with Crippen LogP contribution in [0.3, 0.4) is 0 Å². The number of carbonyl (C=O) groups excluding carboxylic acids is 1. The van der Waals surface area contributed by atoms with E-state index in [0.29, 0.717) is 0 Å². The smallest absolute Gasteiger partial charge is 0.238 e. The van der Waals surface area contributed by atoms with Gasteiger partial charge in [-0.15, -0.1) is 0 Å². The molecule has 0 aromatic heterocycles. The minimum absolute atomic E-state index is 0.00467. The largest absolute Gasteiger partial charge is 0.325 e. The Morgan fingerprint density at radius 2 is 1.75 bits per heavy atom. The van der Waals surface area contributed by atoms with Gasteiger partial charge in [0.15, 0.2) is 0 Å². The number of rotatable bonds is 6. The summed E-state index contributed by atoms with van der Waals surface area (Å²) in [5.74, 6) is -0.0608. The Balaban J connectivity index is 2.00. The molecule has 0 bridgehead atoms. The topological polar surface area (TPSA) is 41.1 Å². The lowest BCUT2D eigenvalue weighted by atomic mass is 9.96. The molecule has 24 heavy (non-hydrogen) atoms. The molecule has 128 valence electrons. The quantitative estimate of drug-likeness (QED) is 0.827. The van der Waals surface area contributed by atoms with E-state index in [0.717, 1.165) is 22.4 Å². The maximum atomic E-state index is 13.1. The molecule has 0 aliphatic heterocycles. The molecule has 1 amide bonds. The third kappa shape index (κ3) is 4.65. The van der Waals surface area contributed by atoms with Crippen LogP contribution in [0.1, 0.15) is 36.6 Å². The second-order valence-electron chi connectivity index (χ2n) is 6.45. The van der Waals surface area contributed by atoms with Gasteiger partial charge in [-0.2, -0.15) is 0 Å².